The minimum atomic E-state index is -0.731. The van der Waals surface area contributed by atoms with E-state index in [9.17, 15) is 9.59 Å². The molecule has 5 heteroatoms. The Bertz CT molecular complexity index is 170. The zero-order valence-corrected chi connectivity index (χ0v) is 8.61. The van der Waals surface area contributed by atoms with Gasteiger partial charge in [0.1, 0.15) is 11.7 Å². The van der Waals surface area contributed by atoms with Gasteiger partial charge in [-0.2, -0.15) is 25.3 Å². The fraction of sp³-hybridized carbons (Fsp3) is 0.714. The van der Waals surface area contributed by atoms with Crippen LogP contribution in [0, 0.1) is 5.92 Å². The summed E-state index contributed by atoms with van der Waals surface area (Å²) in [6.07, 6.45) is 0.281. The summed E-state index contributed by atoms with van der Waals surface area (Å²) in [7, 11) is 1.26. The van der Waals surface area contributed by atoms with Gasteiger partial charge in [0.2, 0.25) is 0 Å². The first-order valence-corrected chi connectivity index (χ1v) is 4.76. The normalized spacial score (nSPS) is 12.2. The molecule has 0 saturated carbocycles. The summed E-state index contributed by atoms with van der Waals surface area (Å²) in [5.74, 6) is -0.770. The van der Waals surface area contributed by atoms with Crippen LogP contribution in [0.25, 0.3) is 0 Å². The lowest BCUT2D eigenvalue weighted by Crippen LogP contribution is -2.27. The number of carbonyl (C=O) groups excluding carboxylic acids is 2. The highest BCUT2D eigenvalue weighted by molar-refractivity contribution is 7.80. The van der Waals surface area contributed by atoms with E-state index in [2.05, 4.69) is 30.0 Å². The molecule has 0 heterocycles. The summed E-state index contributed by atoms with van der Waals surface area (Å²) in [6.45, 7) is 0. The quantitative estimate of drug-likeness (QED) is 0.395. The molecule has 3 nitrogen and oxygen atoms in total. The van der Waals surface area contributed by atoms with Crippen LogP contribution in [0.3, 0.4) is 0 Å². The topological polar surface area (TPSA) is 43.4 Å². The molecule has 0 amide bonds. The maximum atomic E-state index is 11.2. The second-order valence-electron chi connectivity index (χ2n) is 2.20. The molecule has 0 aromatic rings. The van der Waals surface area contributed by atoms with Crippen molar-refractivity contribution in [2.75, 3.05) is 18.6 Å². The standard InChI is InChI=1S/C7H12O3S2/c1-10-7(9)5(4-12)6(8)2-3-11/h5,11-12H,2-4H2,1H3. The summed E-state index contributed by atoms with van der Waals surface area (Å²) in [5, 5.41) is 0. The van der Waals surface area contributed by atoms with Crippen LogP contribution in [0.15, 0.2) is 0 Å². The number of ether oxygens (including phenoxy) is 1. The number of esters is 1. The van der Waals surface area contributed by atoms with Crippen molar-refractivity contribution in [3.05, 3.63) is 0 Å². The zero-order chi connectivity index (χ0) is 9.56. The van der Waals surface area contributed by atoms with E-state index < -0.39 is 11.9 Å². The molecule has 0 N–H and O–H groups in total. The summed E-state index contributed by atoms with van der Waals surface area (Å²) < 4.78 is 4.44. The largest absolute Gasteiger partial charge is 0.468 e. The first kappa shape index (κ1) is 11.8. The number of methoxy groups -OCH3 is 1. The number of carbonyl (C=O) groups is 2. The van der Waals surface area contributed by atoms with Gasteiger partial charge in [-0.3, -0.25) is 9.59 Å². The van der Waals surface area contributed by atoms with Crippen molar-refractivity contribution in [2.45, 2.75) is 6.42 Å². The Morgan fingerprint density at radius 1 is 1.42 bits per heavy atom. The van der Waals surface area contributed by atoms with E-state index in [-0.39, 0.29) is 18.0 Å². The first-order chi connectivity index (χ1) is 5.67. The van der Waals surface area contributed by atoms with Gasteiger partial charge in [-0.1, -0.05) is 0 Å². The number of rotatable bonds is 5. The van der Waals surface area contributed by atoms with Crippen LogP contribution in [-0.4, -0.2) is 30.4 Å². The van der Waals surface area contributed by atoms with E-state index in [1.54, 1.807) is 0 Å². The predicted octanol–water partition coefficient (Wildman–Crippen LogP) is 0.594. The molecule has 70 valence electrons. The Hall–Kier alpha value is -0.160. The van der Waals surface area contributed by atoms with Crippen molar-refractivity contribution in [2.24, 2.45) is 5.92 Å². The molecule has 12 heavy (non-hydrogen) atoms. The zero-order valence-electron chi connectivity index (χ0n) is 6.82. The average Bonchev–Trinajstić information content (AvgIpc) is 2.06. The molecular weight excluding hydrogens is 196 g/mol. The van der Waals surface area contributed by atoms with Gasteiger partial charge in [0.25, 0.3) is 0 Å². The molecule has 0 aliphatic rings. The molecule has 0 aliphatic heterocycles. The minimum Gasteiger partial charge on any atom is -0.468 e. The van der Waals surface area contributed by atoms with Crippen molar-refractivity contribution < 1.29 is 14.3 Å². The van der Waals surface area contributed by atoms with Crippen LogP contribution < -0.4 is 0 Å². The Kier molecular flexibility index (Phi) is 6.28. The average molecular weight is 208 g/mol. The van der Waals surface area contributed by atoms with E-state index in [4.69, 9.17) is 0 Å². The molecule has 0 radical (unpaired) electrons. The molecule has 0 aromatic heterocycles. The maximum absolute atomic E-state index is 11.2. The van der Waals surface area contributed by atoms with Gasteiger partial charge in [-0.15, -0.1) is 0 Å². The monoisotopic (exact) mass is 208 g/mol. The van der Waals surface area contributed by atoms with Crippen LogP contribution in [0.5, 0.6) is 0 Å². The van der Waals surface area contributed by atoms with E-state index in [0.29, 0.717) is 5.75 Å². The Morgan fingerprint density at radius 3 is 2.33 bits per heavy atom. The van der Waals surface area contributed by atoms with Crippen molar-refractivity contribution >= 4 is 37.0 Å². The number of Topliss-reactive ketones (excluding diaryl/α,β-unsaturated/α-hetero) is 1. The molecule has 0 spiro atoms. The van der Waals surface area contributed by atoms with Gasteiger partial charge in [0, 0.05) is 12.2 Å². The van der Waals surface area contributed by atoms with E-state index in [1.165, 1.54) is 7.11 Å². The van der Waals surface area contributed by atoms with Gasteiger partial charge in [0.15, 0.2) is 0 Å². The summed E-state index contributed by atoms with van der Waals surface area (Å²) in [5.41, 5.74) is 0. The third kappa shape index (κ3) is 3.49. The van der Waals surface area contributed by atoms with E-state index >= 15 is 0 Å². The second kappa shape index (κ2) is 6.37. The van der Waals surface area contributed by atoms with Crippen molar-refractivity contribution in [1.29, 1.82) is 0 Å². The Labute approximate surface area is 82.7 Å². The Morgan fingerprint density at radius 2 is 2.00 bits per heavy atom. The van der Waals surface area contributed by atoms with Crippen LogP contribution in [-0.2, 0) is 14.3 Å². The van der Waals surface area contributed by atoms with E-state index in [1.807, 2.05) is 0 Å². The lowest BCUT2D eigenvalue weighted by atomic mass is 10.1. The third-order valence-corrected chi connectivity index (χ3v) is 2.00. The molecule has 0 aromatic carbocycles. The molecule has 0 bridgehead atoms. The lowest BCUT2D eigenvalue weighted by molar-refractivity contribution is -0.148. The molecule has 1 unspecified atom stereocenters. The number of hydrogen-bond donors (Lipinski definition) is 2. The molecule has 1 atom stereocenters. The summed E-state index contributed by atoms with van der Waals surface area (Å²) in [4.78, 5) is 22.1. The van der Waals surface area contributed by atoms with Gasteiger partial charge >= 0.3 is 5.97 Å². The molecule has 0 saturated heterocycles. The number of ketones is 1. The SMILES string of the molecule is COC(=O)C(CS)C(=O)CCS. The van der Waals surface area contributed by atoms with E-state index in [0.717, 1.165) is 0 Å². The van der Waals surface area contributed by atoms with Crippen molar-refractivity contribution in [3.8, 4) is 0 Å². The lowest BCUT2D eigenvalue weighted by Gasteiger charge is -2.09. The van der Waals surface area contributed by atoms with Crippen LogP contribution in [0.1, 0.15) is 6.42 Å². The Balaban J connectivity index is 4.14. The highest BCUT2D eigenvalue weighted by Gasteiger charge is 2.24. The highest BCUT2D eigenvalue weighted by atomic mass is 32.1. The van der Waals surface area contributed by atoms with Crippen LogP contribution in [0.2, 0.25) is 0 Å². The fourth-order valence-corrected chi connectivity index (χ4v) is 1.31. The minimum absolute atomic E-state index is 0.160. The predicted molar refractivity (Wildman–Crippen MR) is 52.8 cm³/mol. The summed E-state index contributed by atoms with van der Waals surface area (Å²) in [6, 6.07) is 0. The van der Waals surface area contributed by atoms with Gasteiger partial charge < -0.3 is 4.74 Å². The number of thiol groups is 2. The van der Waals surface area contributed by atoms with Crippen molar-refractivity contribution in [1.82, 2.24) is 0 Å². The first-order valence-electron chi connectivity index (χ1n) is 3.49. The smallest absolute Gasteiger partial charge is 0.317 e. The van der Waals surface area contributed by atoms with Crippen molar-refractivity contribution in [3.63, 3.8) is 0 Å². The van der Waals surface area contributed by atoms with Gasteiger partial charge in [0.05, 0.1) is 7.11 Å². The van der Waals surface area contributed by atoms with Crippen LogP contribution >= 0.6 is 25.3 Å². The molecule has 0 aliphatic carbocycles. The highest BCUT2D eigenvalue weighted by Crippen LogP contribution is 2.06. The van der Waals surface area contributed by atoms with Crippen LogP contribution in [0.4, 0.5) is 0 Å². The van der Waals surface area contributed by atoms with Gasteiger partial charge in [-0.25, -0.2) is 0 Å². The second-order valence-corrected chi connectivity index (χ2v) is 3.01. The molecular formula is C7H12O3S2. The summed E-state index contributed by atoms with van der Waals surface area (Å²) >= 11 is 7.79. The molecule has 0 fully saturated rings. The molecule has 0 rings (SSSR count). The third-order valence-electron chi connectivity index (χ3n) is 1.42. The fourth-order valence-electron chi connectivity index (χ4n) is 0.734. The van der Waals surface area contributed by atoms with Gasteiger partial charge in [-0.05, 0) is 5.75 Å². The maximum Gasteiger partial charge on any atom is 0.317 e. The number of hydrogen-bond acceptors (Lipinski definition) is 5.